The van der Waals surface area contributed by atoms with E-state index in [1.807, 2.05) is 22.3 Å². The van der Waals surface area contributed by atoms with E-state index in [0.717, 1.165) is 148 Å². The second-order valence-electron chi connectivity index (χ2n) is 23.5. The summed E-state index contributed by atoms with van der Waals surface area (Å²) in [5, 5.41) is 0. The summed E-state index contributed by atoms with van der Waals surface area (Å²) in [5.74, 6) is 23.5. The summed E-state index contributed by atoms with van der Waals surface area (Å²) in [4.78, 5) is 12.8. The number of carbonyl (C=O) groups is 1. The molecule has 2 nitrogen and oxygen atoms in total. The van der Waals surface area contributed by atoms with Crippen LogP contribution >= 0.6 is 0 Å². The van der Waals surface area contributed by atoms with Crippen molar-refractivity contribution in [1.29, 1.82) is 0 Å². The third-order valence-corrected chi connectivity index (χ3v) is 24.1. The monoisotopic (exact) mass is 696 g/mol. The van der Waals surface area contributed by atoms with Crippen molar-refractivity contribution in [2.75, 3.05) is 7.11 Å². The van der Waals surface area contributed by atoms with Gasteiger partial charge < -0.3 is 4.74 Å². The maximum Gasteiger partial charge on any atom is 0.305 e. The van der Waals surface area contributed by atoms with Crippen LogP contribution in [-0.4, -0.2) is 13.1 Å². The Hall–Kier alpha value is -2.35. The molecule has 53 heavy (non-hydrogen) atoms. The molecular formula is C51H52O2. The van der Waals surface area contributed by atoms with Crippen molar-refractivity contribution in [1.82, 2.24) is 0 Å². The molecule has 268 valence electrons. The Morgan fingerprint density at radius 1 is 0.755 bits per heavy atom. The molecule has 0 N–H and O–H groups in total. The molecule has 26 unspecified atom stereocenters. The number of rotatable bonds is 5. The van der Waals surface area contributed by atoms with E-state index >= 15 is 0 Å². The number of hydrogen-bond donors (Lipinski definition) is 0. The first kappa shape index (κ1) is 27.3. The van der Waals surface area contributed by atoms with E-state index in [1.54, 1.807) is 19.1 Å². The van der Waals surface area contributed by atoms with Crippen LogP contribution < -0.4 is 0 Å². The van der Waals surface area contributed by atoms with E-state index in [9.17, 15) is 4.79 Å². The fraction of sp³-hybridized carbons (Fsp3) is 0.706. The molecule has 13 fully saturated rings. The SMILES string of the molecule is COC(=O)CCCC1(c2ccccc2)C2C3CC4CC5=CC6=C7C8C9=C(C6)CC6CC%10=CC%11CC21C1C%11C2C%10C(C96)C6C8C8C7C5C4C4C3C1C(C26)C84. The van der Waals surface area contributed by atoms with Crippen molar-refractivity contribution >= 4 is 5.97 Å². The second kappa shape index (κ2) is 7.81. The van der Waals surface area contributed by atoms with Gasteiger partial charge in [0.25, 0.3) is 0 Å². The van der Waals surface area contributed by atoms with Crippen molar-refractivity contribution in [3.05, 3.63) is 81.5 Å². The molecule has 1 spiro atoms. The molecule has 26 atom stereocenters. The number of carbonyl (C=O) groups excluding carboxylic acids is 1. The van der Waals surface area contributed by atoms with Crippen molar-refractivity contribution in [3.63, 3.8) is 0 Å². The van der Waals surface area contributed by atoms with Gasteiger partial charge in [-0.3, -0.25) is 4.79 Å². The topological polar surface area (TPSA) is 26.3 Å². The first-order valence-electron chi connectivity index (χ1n) is 23.1. The Morgan fingerprint density at radius 2 is 1.57 bits per heavy atom. The van der Waals surface area contributed by atoms with Crippen LogP contribution in [-0.2, 0) is 14.9 Å². The predicted molar refractivity (Wildman–Crippen MR) is 198 cm³/mol. The Balaban J connectivity index is 0.948. The molecule has 18 rings (SSSR count). The molecule has 17 aliphatic carbocycles. The standard InChI is InChI=1S/C51H52O2/c1-53-27(52)8-5-9-50(25-6-3-2-4-7-25)49-26-16-23-14-20-12-21-11-18-10-19-13-22-15-24-17-51(49,50)48-34(24)39-33(22)38-29(19)28(18)36-32(21)37-30(20)31(23)40-35(26)47(48)46-44(39)42(38)41(36)43(37)45(40)46/h2-4,6-7,12,15,19,23-24,26,29-31,33-49H,5,8-11,13-14,16-17H2,1H3. The van der Waals surface area contributed by atoms with Crippen LogP contribution in [0.5, 0.6) is 0 Å². The fourth-order valence-electron chi connectivity index (χ4n) is 25.4. The van der Waals surface area contributed by atoms with Crippen LogP contribution in [0.1, 0.15) is 63.4 Å². The third-order valence-electron chi connectivity index (χ3n) is 24.1. The predicted octanol–water partition coefficient (Wildman–Crippen LogP) is 9.06. The fourth-order valence-corrected chi connectivity index (χ4v) is 25.4. The largest absolute Gasteiger partial charge is 0.469 e. The highest BCUT2D eigenvalue weighted by atomic mass is 16.5. The van der Waals surface area contributed by atoms with Crippen LogP contribution in [0.3, 0.4) is 0 Å². The Labute approximate surface area is 313 Å². The molecule has 0 bridgehead atoms. The lowest BCUT2D eigenvalue weighted by Crippen LogP contribution is -2.58. The Morgan fingerprint density at radius 3 is 2.45 bits per heavy atom. The average Bonchev–Trinajstić information content (AvgIpc) is 3.86. The number of benzene rings is 1. The van der Waals surface area contributed by atoms with Gasteiger partial charge in [-0.2, -0.15) is 0 Å². The third kappa shape index (κ3) is 2.27. The summed E-state index contributed by atoms with van der Waals surface area (Å²) in [6.45, 7) is 0. The number of hydrogen-bond acceptors (Lipinski definition) is 2. The summed E-state index contributed by atoms with van der Waals surface area (Å²) in [5.41, 5.74) is 14.7. The lowest BCUT2D eigenvalue weighted by molar-refractivity contribution is -0.140. The van der Waals surface area contributed by atoms with Gasteiger partial charge >= 0.3 is 5.97 Å². The molecule has 0 radical (unpaired) electrons. The molecule has 13 saturated carbocycles. The highest BCUT2D eigenvalue weighted by molar-refractivity contribution is 5.69. The van der Waals surface area contributed by atoms with Crippen molar-refractivity contribution in [3.8, 4) is 0 Å². The number of fused-ring (bicyclic) bond motifs is 1. The summed E-state index contributed by atoms with van der Waals surface area (Å²) in [7, 11) is 1.61. The van der Waals surface area contributed by atoms with E-state index in [4.69, 9.17) is 4.74 Å². The zero-order chi connectivity index (χ0) is 33.5. The summed E-state index contributed by atoms with van der Waals surface area (Å²) >= 11 is 0. The molecule has 0 aliphatic heterocycles. The zero-order valence-corrected chi connectivity index (χ0v) is 31.1. The van der Waals surface area contributed by atoms with Crippen LogP contribution in [0.25, 0.3) is 0 Å². The lowest BCUT2D eigenvalue weighted by atomic mass is 9.43. The molecule has 1 aromatic rings. The minimum Gasteiger partial charge on any atom is -0.469 e. The van der Waals surface area contributed by atoms with Crippen LogP contribution in [0.2, 0.25) is 0 Å². The maximum absolute atomic E-state index is 12.8. The highest BCUT2D eigenvalue weighted by Gasteiger charge is 2.94. The number of allylic oxidation sites excluding steroid dienone is 8. The van der Waals surface area contributed by atoms with Crippen molar-refractivity contribution in [2.24, 2.45) is 147 Å². The first-order valence-corrected chi connectivity index (χ1v) is 23.1. The van der Waals surface area contributed by atoms with Gasteiger partial charge in [-0.15, -0.1) is 0 Å². The van der Waals surface area contributed by atoms with E-state index in [2.05, 4.69) is 53.6 Å². The van der Waals surface area contributed by atoms with Gasteiger partial charge in [0.15, 0.2) is 0 Å². The normalized spacial score (nSPS) is 65.9. The highest BCUT2D eigenvalue weighted by Crippen LogP contribution is 2.97. The van der Waals surface area contributed by atoms with Gasteiger partial charge in [0.2, 0.25) is 0 Å². The summed E-state index contributed by atoms with van der Waals surface area (Å²) < 4.78 is 5.31. The van der Waals surface area contributed by atoms with E-state index in [-0.39, 0.29) is 11.4 Å². The molecule has 17 aliphatic rings. The van der Waals surface area contributed by atoms with Gasteiger partial charge in [-0.1, -0.05) is 70.3 Å². The van der Waals surface area contributed by atoms with Crippen molar-refractivity contribution < 1.29 is 9.53 Å². The van der Waals surface area contributed by atoms with E-state index in [0.29, 0.717) is 11.8 Å². The minimum atomic E-state index is 0.00887. The maximum atomic E-state index is 12.8. The minimum absolute atomic E-state index is 0.00887. The zero-order valence-electron chi connectivity index (χ0n) is 31.1. The molecule has 0 saturated heterocycles. The smallest absolute Gasteiger partial charge is 0.305 e. The second-order valence-corrected chi connectivity index (χ2v) is 23.5. The Kier molecular flexibility index (Phi) is 4.02. The van der Waals surface area contributed by atoms with Gasteiger partial charge in [-0.25, -0.2) is 0 Å². The molecule has 0 heterocycles. The van der Waals surface area contributed by atoms with Crippen LogP contribution in [0.15, 0.2) is 75.9 Å². The van der Waals surface area contributed by atoms with Crippen LogP contribution in [0, 0.1) is 147 Å². The molecule has 2 heteroatoms. The van der Waals surface area contributed by atoms with Gasteiger partial charge in [0, 0.05) is 17.8 Å². The summed E-state index contributed by atoms with van der Waals surface area (Å²) in [6.07, 6.45) is 17.7. The quantitative estimate of drug-likeness (QED) is 0.227. The average molecular weight is 697 g/mol. The molecular weight excluding hydrogens is 645 g/mol. The van der Waals surface area contributed by atoms with Gasteiger partial charge in [0.1, 0.15) is 0 Å². The molecule has 0 aromatic heterocycles. The molecule has 0 amide bonds. The van der Waals surface area contributed by atoms with Crippen LogP contribution in [0.4, 0.5) is 0 Å². The number of ether oxygens (including phenoxy) is 1. The van der Waals surface area contributed by atoms with Gasteiger partial charge in [0.05, 0.1) is 7.11 Å². The van der Waals surface area contributed by atoms with Gasteiger partial charge in [-0.05, 0) is 204 Å². The van der Waals surface area contributed by atoms with E-state index in [1.165, 1.54) is 38.5 Å². The lowest BCUT2D eigenvalue weighted by Gasteiger charge is -2.61. The van der Waals surface area contributed by atoms with E-state index < -0.39 is 0 Å². The summed E-state index contributed by atoms with van der Waals surface area (Å²) in [6, 6.07) is 12.2. The first-order chi connectivity index (χ1) is 26.2. The van der Waals surface area contributed by atoms with Crippen molar-refractivity contribution in [2.45, 2.75) is 63.2 Å². The Bertz CT molecular complexity index is 2240. The number of esters is 1. The number of methoxy groups -OCH3 is 1. The molecule has 1 aromatic carbocycles.